The van der Waals surface area contributed by atoms with E-state index in [0.717, 1.165) is 17.3 Å². The van der Waals surface area contributed by atoms with Crippen LogP contribution in [-0.4, -0.2) is 23.8 Å². The number of hydrogen-bond donors (Lipinski definition) is 1. The van der Waals surface area contributed by atoms with Crippen molar-refractivity contribution in [3.63, 3.8) is 0 Å². The zero-order chi connectivity index (χ0) is 15.9. The molecule has 0 unspecified atom stereocenters. The molecule has 2 amide bonds. The van der Waals surface area contributed by atoms with Gasteiger partial charge in [-0.1, -0.05) is 0 Å². The molecule has 2 heterocycles. The van der Waals surface area contributed by atoms with E-state index in [9.17, 15) is 19.7 Å². The van der Waals surface area contributed by atoms with Gasteiger partial charge in [-0.3, -0.25) is 19.7 Å². The molecule has 1 N–H and O–H groups in total. The van der Waals surface area contributed by atoms with Crippen molar-refractivity contribution in [3.05, 3.63) is 51.8 Å². The second kappa shape index (κ2) is 4.99. The molecule has 1 aromatic carbocycles. The molecule has 8 heteroatoms. The predicted octanol–water partition coefficient (Wildman–Crippen LogP) is 1.96. The standard InChI is InChI=1S/C14H11N3O5/c1-16-10-3-2-9(6-8(10)7-12(16)18)15-14(19)11-4-5-13(22-11)17(20)21/h2-6H,7H2,1H3,(H,15,19). The first-order valence-electron chi connectivity index (χ1n) is 6.41. The summed E-state index contributed by atoms with van der Waals surface area (Å²) >= 11 is 0. The van der Waals surface area contributed by atoms with E-state index in [1.54, 1.807) is 30.1 Å². The SMILES string of the molecule is CN1C(=O)Cc2cc(NC(=O)c3ccc([N+](=O)[O-])o3)ccc21. The highest BCUT2D eigenvalue weighted by Gasteiger charge is 2.24. The summed E-state index contributed by atoms with van der Waals surface area (Å²) in [5.41, 5.74) is 2.11. The predicted molar refractivity (Wildman–Crippen MR) is 76.9 cm³/mol. The third-order valence-corrected chi connectivity index (χ3v) is 3.41. The van der Waals surface area contributed by atoms with Gasteiger partial charge < -0.3 is 14.6 Å². The number of nitro groups is 1. The van der Waals surface area contributed by atoms with Crippen LogP contribution in [-0.2, 0) is 11.2 Å². The number of nitrogens with zero attached hydrogens (tertiary/aromatic N) is 2. The molecule has 0 saturated heterocycles. The molecule has 1 aliphatic heterocycles. The Labute approximate surface area is 124 Å². The lowest BCUT2D eigenvalue weighted by molar-refractivity contribution is -0.402. The topological polar surface area (TPSA) is 106 Å². The van der Waals surface area contributed by atoms with E-state index >= 15 is 0 Å². The fraction of sp³-hybridized carbons (Fsp3) is 0.143. The van der Waals surface area contributed by atoms with Crippen molar-refractivity contribution in [3.8, 4) is 0 Å². The van der Waals surface area contributed by atoms with Crippen LogP contribution < -0.4 is 10.2 Å². The number of nitrogens with one attached hydrogen (secondary N) is 1. The lowest BCUT2D eigenvalue weighted by atomic mass is 10.1. The first-order chi connectivity index (χ1) is 10.5. The summed E-state index contributed by atoms with van der Waals surface area (Å²) in [4.78, 5) is 35.0. The van der Waals surface area contributed by atoms with Crippen molar-refractivity contribution >= 4 is 29.1 Å². The Morgan fingerprint density at radius 1 is 1.36 bits per heavy atom. The quantitative estimate of drug-likeness (QED) is 0.689. The number of carbonyl (C=O) groups is 2. The van der Waals surface area contributed by atoms with Crippen molar-refractivity contribution in [1.82, 2.24) is 0 Å². The summed E-state index contributed by atoms with van der Waals surface area (Å²) in [6.07, 6.45) is 0.280. The molecule has 0 spiro atoms. The van der Waals surface area contributed by atoms with Crippen LogP contribution in [0.15, 0.2) is 34.7 Å². The first kappa shape index (κ1) is 13.8. The van der Waals surface area contributed by atoms with Gasteiger partial charge in [-0.15, -0.1) is 0 Å². The van der Waals surface area contributed by atoms with Crippen LogP contribution >= 0.6 is 0 Å². The van der Waals surface area contributed by atoms with Gasteiger partial charge in [0.15, 0.2) is 5.76 Å². The average molecular weight is 301 g/mol. The second-order valence-electron chi connectivity index (χ2n) is 4.82. The molecule has 22 heavy (non-hydrogen) atoms. The summed E-state index contributed by atoms with van der Waals surface area (Å²) in [5.74, 6) is -1.25. The van der Waals surface area contributed by atoms with Gasteiger partial charge in [0.05, 0.1) is 12.5 Å². The number of amides is 2. The number of rotatable bonds is 3. The summed E-state index contributed by atoms with van der Waals surface area (Å²) in [6.45, 7) is 0. The molecule has 1 aromatic heterocycles. The fourth-order valence-electron chi connectivity index (χ4n) is 2.29. The van der Waals surface area contributed by atoms with Gasteiger partial charge in [0.25, 0.3) is 5.91 Å². The van der Waals surface area contributed by atoms with Crippen LogP contribution in [0.2, 0.25) is 0 Å². The van der Waals surface area contributed by atoms with Crippen molar-refractivity contribution in [2.45, 2.75) is 6.42 Å². The number of hydrogen-bond acceptors (Lipinski definition) is 5. The van der Waals surface area contributed by atoms with Crippen molar-refractivity contribution in [2.75, 3.05) is 17.3 Å². The van der Waals surface area contributed by atoms with Crippen LogP contribution in [0.25, 0.3) is 0 Å². The van der Waals surface area contributed by atoms with Crippen LogP contribution in [0, 0.1) is 10.1 Å². The molecule has 112 valence electrons. The van der Waals surface area contributed by atoms with Crippen LogP contribution in [0.5, 0.6) is 0 Å². The first-order valence-corrected chi connectivity index (χ1v) is 6.41. The number of carbonyl (C=O) groups excluding carboxylic acids is 2. The molecule has 3 rings (SSSR count). The number of likely N-dealkylation sites (N-methyl/N-ethyl adjacent to an activating group) is 1. The van der Waals surface area contributed by atoms with Gasteiger partial charge in [-0.05, 0) is 29.8 Å². The van der Waals surface area contributed by atoms with Gasteiger partial charge >= 0.3 is 5.88 Å². The van der Waals surface area contributed by atoms with E-state index < -0.39 is 16.7 Å². The Kier molecular flexibility index (Phi) is 3.13. The minimum Gasteiger partial charge on any atom is -0.395 e. The lowest BCUT2D eigenvalue weighted by Crippen LogP contribution is -2.20. The van der Waals surface area contributed by atoms with Crippen LogP contribution in [0.1, 0.15) is 16.1 Å². The molecule has 0 bridgehead atoms. The molecule has 0 atom stereocenters. The van der Waals surface area contributed by atoms with E-state index in [4.69, 9.17) is 4.42 Å². The van der Waals surface area contributed by atoms with E-state index in [1.807, 2.05) is 0 Å². The molecule has 2 aromatic rings. The number of fused-ring (bicyclic) bond motifs is 1. The Morgan fingerprint density at radius 2 is 2.14 bits per heavy atom. The molecule has 0 radical (unpaired) electrons. The zero-order valence-electron chi connectivity index (χ0n) is 11.5. The Morgan fingerprint density at radius 3 is 2.82 bits per heavy atom. The maximum Gasteiger partial charge on any atom is 0.433 e. The van der Waals surface area contributed by atoms with E-state index in [1.165, 1.54) is 6.07 Å². The average Bonchev–Trinajstić information content (AvgIpc) is 3.05. The van der Waals surface area contributed by atoms with Gasteiger partial charge in [0, 0.05) is 18.4 Å². The van der Waals surface area contributed by atoms with E-state index in [2.05, 4.69) is 5.32 Å². The highest BCUT2D eigenvalue weighted by molar-refractivity contribution is 6.04. The third kappa shape index (κ3) is 2.30. The summed E-state index contributed by atoms with van der Waals surface area (Å²) in [6, 6.07) is 7.44. The maximum atomic E-state index is 12.0. The molecule has 0 aliphatic carbocycles. The molecular weight excluding hydrogens is 290 g/mol. The minimum absolute atomic E-state index is 0.0138. The largest absolute Gasteiger partial charge is 0.433 e. The monoisotopic (exact) mass is 301 g/mol. The van der Waals surface area contributed by atoms with Crippen LogP contribution in [0.3, 0.4) is 0 Å². The summed E-state index contributed by atoms with van der Waals surface area (Å²) < 4.78 is 4.83. The van der Waals surface area contributed by atoms with Gasteiger partial charge in [0.2, 0.25) is 5.91 Å². The molecular formula is C14H11N3O5. The highest BCUT2D eigenvalue weighted by Crippen LogP contribution is 2.30. The Bertz CT molecular complexity index is 796. The lowest BCUT2D eigenvalue weighted by Gasteiger charge is -2.10. The summed E-state index contributed by atoms with van der Waals surface area (Å²) in [5, 5.41) is 13.1. The second-order valence-corrected chi connectivity index (χ2v) is 4.82. The van der Waals surface area contributed by atoms with Gasteiger partial charge in [-0.2, -0.15) is 0 Å². The minimum atomic E-state index is -0.715. The van der Waals surface area contributed by atoms with E-state index in [-0.39, 0.29) is 18.1 Å². The van der Waals surface area contributed by atoms with Crippen molar-refractivity contribution < 1.29 is 18.9 Å². The van der Waals surface area contributed by atoms with E-state index in [0.29, 0.717) is 5.69 Å². The smallest absolute Gasteiger partial charge is 0.395 e. The van der Waals surface area contributed by atoms with Gasteiger partial charge in [-0.25, -0.2) is 0 Å². The third-order valence-electron chi connectivity index (χ3n) is 3.41. The Hall–Kier alpha value is -3.16. The van der Waals surface area contributed by atoms with Crippen molar-refractivity contribution in [2.24, 2.45) is 0 Å². The molecule has 1 aliphatic rings. The number of anilines is 2. The molecule has 0 fully saturated rings. The molecule has 0 saturated carbocycles. The number of benzene rings is 1. The maximum absolute atomic E-state index is 12.0. The zero-order valence-corrected chi connectivity index (χ0v) is 11.5. The summed E-state index contributed by atoms with van der Waals surface area (Å²) in [7, 11) is 1.69. The number of furan rings is 1. The molecule has 8 nitrogen and oxygen atoms in total. The Balaban J connectivity index is 1.79. The fourth-order valence-corrected chi connectivity index (χ4v) is 2.29. The van der Waals surface area contributed by atoms with Gasteiger partial charge in [0.1, 0.15) is 4.92 Å². The van der Waals surface area contributed by atoms with Crippen LogP contribution in [0.4, 0.5) is 17.3 Å². The normalized spacial score (nSPS) is 13.1. The highest BCUT2D eigenvalue weighted by atomic mass is 16.6. The van der Waals surface area contributed by atoms with Crippen molar-refractivity contribution in [1.29, 1.82) is 0 Å².